The highest BCUT2D eigenvalue weighted by Gasteiger charge is 2.29. The average Bonchev–Trinajstić information content (AvgIpc) is 3.66. The average molecular weight is 477 g/mol. The van der Waals surface area contributed by atoms with E-state index in [4.69, 9.17) is 0 Å². The molecule has 0 bridgehead atoms. The van der Waals surface area contributed by atoms with Gasteiger partial charge in [-0.05, 0) is 48.9 Å². The molecule has 0 saturated heterocycles. The molecule has 0 saturated carbocycles. The molecule has 0 amide bonds. The summed E-state index contributed by atoms with van der Waals surface area (Å²) in [6, 6.07) is 37.5. The van der Waals surface area contributed by atoms with Gasteiger partial charge in [0.05, 0.1) is 10.8 Å². The van der Waals surface area contributed by atoms with Gasteiger partial charge < -0.3 is 0 Å². The summed E-state index contributed by atoms with van der Waals surface area (Å²) in [5, 5.41) is 5.35. The SMILES string of the molecule is Cc1cc2c3c(ccc4c5ccccc5[n+](n43)C2)c1.c1cc2c3c(c1)ccc1c4ccccc4[n+](n13)C2. The zero-order valence-electron chi connectivity index (χ0n) is 20.5. The van der Waals surface area contributed by atoms with Crippen LogP contribution in [-0.2, 0) is 13.1 Å². The molecule has 37 heavy (non-hydrogen) atoms. The number of nitrogens with zero attached hydrogens (tertiary/aromatic N) is 4. The smallest absolute Gasteiger partial charge is 0.119 e. The maximum atomic E-state index is 2.39. The molecule has 4 aromatic carbocycles. The van der Waals surface area contributed by atoms with Crippen molar-refractivity contribution < 1.29 is 9.36 Å². The van der Waals surface area contributed by atoms with Gasteiger partial charge in [0.25, 0.3) is 0 Å². The third kappa shape index (κ3) is 2.42. The minimum absolute atomic E-state index is 0.978. The predicted octanol–water partition coefficient (Wildman–Crippen LogP) is 6.10. The number of pyridine rings is 2. The van der Waals surface area contributed by atoms with Gasteiger partial charge in [-0.15, -0.1) is 9.03 Å². The van der Waals surface area contributed by atoms with Crippen molar-refractivity contribution >= 4 is 54.6 Å². The first kappa shape index (κ1) is 19.5. The minimum Gasteiger partial charge on any atom is -0.119 e. The number of para-hydroxylation sites is 3. The summed E-state index contributed by atoms with van der Waals surface area (Å²) in [5.74, 6) is 0. The Morgan fingerprint density at radius 3 is 1.84 bits per heavy atom. The van der Waals surface area contributed by atoms with Crippen LogP contribution in [0.1, 0.15) is 16.7 Å². The van der Waals surface area contributed by atoms with Gasteiger partial charge in [-0.2, -0.15) is 0 Å². The van der Waals surface area contributed by atoms with Crippen molar-refractivity contribution in [2.24, 2.45) is 0 Å². The second kappa shape index (κ2) is 6.74. The Morgan fingerprint density at radius 2 is 1.14 bits per heavy atom. The zero-order valence-corrected chi connectivity index (χ0v) is 20.5. The highest BCUT2D eigenvalue weighted by atomic mass is 15.4. The lowest BCUT2D eigenvalue weighted by molar-refractivity contribution is -0.721. The molecule has 4 nitrogen and oxygen atoms in total. The van der Waals surface area contributed by atoms with Gasteiger partial charge in [0.2, 0.25) is 24.1 Å². The Balaban J connectivity index is 0.000000110. The van der Waals surface area contributed by atoms with Gasteiger partial charge >= 0.3 is 0 Å². The van der Waals surface area contributed by atoms with E-state index >= 15 is 0 Å². The molecule has 6 heterocycles. The summed E-state index contributed by atoms with van der Waals surface area (Å²) < 4.78 is 9.52. The van der Waals surface area contributed by atoms with Crippen LogP contribution in [0.4, 0.5) is 0 Å². The molecule has 0 N–H and O–H groups in total. The number of benzene rings is 4. The van der Waals surface area contributed by atoms with Crippen LogP contribution in [-0.4, -0.2) is 9.03 Å². The standard InChI is InChI=1S/C17H13N2.C16H11N2/c1-11-8-12-6-7-16-14-4-2-3-5-15(14)18-10-13(9-11)17(12)19(16)18;1-2-7-14-13(6-1)15-9-8-11-4-3-5-12-10-17(14)18(15)16(11)12/h2-9H,10H2,1H3;1-9H,10H2/q2*+1. The Kier molecular flexibility index (Phi) is 3.55. The fourth-order valence-corrected chi connectivity index (χ4v) is 6.83. The number of aromatic nitrogens is 4. The molecule has 2 aliphatic rings. The number of aryl methyl sites for hydroxylation is 1. The predicted molar refractivity (Wildman–Crippen MR) is 148 cm³/mol. The topological polar surface area (TPSA) is 16.6 Å². The van der Waals surface area contributed by atoms with E-state index in [0.29, 0.717) is 0 Å². The largest absolute Gasteiger partial charge is 0.240 e. The van der Waals surface area contributed by atoms with Gasteiger partial charge in [-0.25, -0.2) is 0 Å². The summed E-state index contributed by atoms with van der Waals surface area (Å²) in [6.45, 7) is 4.13. The molecular weight excluding hydrogens is 452 g/mol. The van der Waals surface area contributed by atoms with Crippen molar-refractivity contribution in [1.29, 1.82) is 0 Å². The molecular formula is C33H24N4+2. The van der Waals surface area contributed by atoms with Crippen LogP contribution in [0.15, 0.2) is 103 Å². The van der Waals surface area contributed by atoms with Crippen molar-refractivity contribution in [3.05, 3.63) is 120 Å². The molecule has 0 unspecified atom stereocenters. The number of rotatable bonds is 0. The quantitative estimate of drug-likeness (QED) is 0.235. The summed E-state index contributed by atoms with van der Waals surface area (Å²) >= 11 is 0. The molecule has 2 aliphatic heterocycles. The van der Waals surface area contributed by atoms with Crippen molar-refractivity contribution in [1.82, 2.24) is 9.03 Å². The highest BCUT2D eigenvalue weighted by Crippen LogP contribution is 2.31. The van der Waals surface area contributed by atoms with Crippen molar-refractivity contribution in [3.8, 4) is 0 Å². The first-order chi connectivity index (χ1) is 18.3. The first-order valence-corrected chi connectivity index (χ1v) is 13.0. The van der Waals surface area contributed by atoms with Crippen LogP contribution in [0.25, 0.3) is 54.6 Å². The molecule has 0 radical (unpaired) electrons. The Bertz CT molecular complexity index is 2260. The normalized spacial score (nSPS) is 13.3. The second-order valence-corrected chi connectivity index (χ2v) is 10.4. The van der Waals surface area contributed by atoms with Gasteiger partial charge in [0.1, 0.15) is 22.1 Å². The fraction of sp³-hybridized carbons (Fsp3) is 0.0909. The monoisotopic (exact) mass is 476 g/mol. The molecule has 174 valence electrons. The van der Waals surface area contributed by atoms with Crippen LogP contribution in [0, 0.1) is 6.92 Å². The van der Waals surface area contributed by atoms with E-state index < -0.39 is 0 Å². The van der Waals surface area contributed by atoms with Crippen LogP contribution in [0.5, 0.6) is 0 Å². The van der Waals surface area contributed by atoms with Crippen LogP contribution in [0.3, 0.4) is 0 Å². The van der Waals surface area contributed by atoms with Crippen LogP contribution < -0.4 is 9.36 Å². The Labute approximate surface area is 212 Å². The third-order valence-electron chi connectivity index (χ3n) is 8.27. The van der Waals surface area contributed by atoms with Crippen LogP contribution in [0.2, 0.25) is 0 Å². The van der Waals surface area contributed by atoms with E-state index in [2.05, 4.69) is 128 Å². The zero-order chi connectivity index (χ0) is 24.2. The molecule has 0 aliphatic carbocycles. The molecule has 0 atom stereocenters. The minimum atomic E-state index is 0.978. The van der Waals surface area contributed by atoms with Gasteiger partial charge in [-0.1, -0.05) is 64.0 Å². The van der Waals surface area contributed by atoms with Crippen molar-refractivity contribution in [2.75, 3.05) is 0 Å². The summed E-state index contributed by atoms with van der Waals surface area (Å²) in [7, 11) is 0. The van der Waals surface area contributed by atoms with E-state index in [1.54, 1.807) is 0 Å². The molecule has 0 spiro atoms. The maximum absolute atomic E-state index is 2.39. The third-order valence-corrected chi connectivity index (χ3v) is 8.27. The number of hydrogen-bond acceptors (Lipinski definition) is 0. The molecule has 4 heteroatoms. The summed E-state index contributed by atoms with van der Waals surface area (Å²) in [5.41, 5.74) is 12.2. The molecule has 0 fully saturated rings. The lowest BCUT2D eigenvalue weighted by atomic mass is 10.1. The number of hydrogen-bond donors (Lipinski definition) is 0. The molecule has 8 aromatic rings. The summed E-state index contributed by atoms with van der Waals surface area (Å²) in [6.07, 6.45) is 0. The van der Waals surface area contributed by atoms with Crippen molar-refractivity contribution in [2.45, 2.75) is 20.0 Å². The van der Waals surface area contributed by atoms with Gasteiger partial charge in [0, 0.05) is 34.0 Å². The highest BCUT2D eigenvalue weighted by molar-refractivity contribution is 5.98. The molecule has 4 aromatic heterocycles. The van der Waals surface area contributed by atoms with E-state index in [-0.39, 0.29) is 0 Å². The first-order valence-electron chi connectivity index (χ1n) is 13.0. The second-order valence-electron chi connectivity index (χ2n) is 10.4. The lowest BCUT2D eigenvalue weighted by Gasteiger charge is -1.99. The number of fused-ring (bicyclic) bond motifs is 6. The Hall–Kier alpha value is -4.70. The van der Waals surface area contributed by atoms with E-state index in [1.165, 1.54) is 71.3 Å². The van der Waals surface area contributed by atoms with E-state index in [0.717, 1.165) is 13.1 Å². The fourth-order valence-electron chi connectivity index (χ4n) is 6.83. The van der Waals surface area contributed by atoms with Crippen LogP contribution >= 0.6 is 0 Å². The van der Waals surface area contributed by atoms with Crippen molar-refractivity contribution in [3.63, 3.8) is 0 Å². The Morgan fingerprint density at radius 1 is 0.541 bits per heavy atom. The van der Waals surface area contributed by atoms with E-state index in [1.807, 2.05) is 0 Å². The summed E-state index contributed by atoms with van der Waals surface area (Å²) in [4.78, 5) is 0. The lowest BCUT2D eigenvalue weighted by Crippen LogP contribution is -2.36. The van der Waals surface area contributed by atoms with Gasteiger partial charge in [-0.3, -0.25) is 0 Å². The molecule has 10 rings (SSSR count). The van der Waals surface area contributed by atoms with E-state index in [9.17, 15) is 0 Å². The maximum Gasteiger partial charge on any atom is 0.240 e. The van der Waals surface area contributed by atoms with Gasteiger partial charge in [0.15, 0.2) is 0 Å².